The van der Waals surface area contributed by atoms with E-state index in [1.807, 2.05) is 0 Å². The zero-order valence-corrected chi connectivity index (χ0v) is 13.2. The summed E-state index contributed by atoms with van der Waals surface area (Å²) in [7, 11) is 0. The van der Waals surface area contributed by atoms with Crippen molar-refractivity contribution in [3.63, 3.8) is 0 Å². The maximum atomic E-state index is 12.4. The molecule has 1 aromatic carbocycles. The Kier molecular flexibility index (Phi) is 5.51. The molecule has 0 radical (unpaired) electrons. The van der Waals surface area contributed by atoms with Gasteiger partial charge >= 0.3 is 5.69 Å². The van der Waals surface area contributed by atoms with Crippen molar-refractivity contribution in [3.8, 4) is 0 Å². The topological polar surface area (TPSA) is 84.0 Å². The Morgan fingerprint density at radius 2 is 2.13 bits per heavy atom. The quantitative estimate of drug-likeness (QED) is 0.603. The summed E-state index contributed by atoms with van der Waals surface area (Å²) in [6.45, 7) is 6.35. The summed E-state index contributed by atoms with van der Waals surface area (Å²) in [6.07, 6.45) is 4.35. The van der Waals surface area contributed by atoms with E-state index < -0.39 is 5.69 Å². The Labute approximate surface area is 133 Å². The van der Waals surface area contributed by atoms with E-state index in [0.29, 0.717) is 29.6 Å². The molecule has 0 atom stereocenters. The molecular formula is C17H21N3O3. The van der Waals surface area contributed by atoms with E-state index in [2.05, 4.69) is 23.8 Å². The number of aromatic nitrogens is 2. The number of amides is 1. The van der Waals surface area contributed by atoms with E-state index in [-0.39, 0.29) is 11.5 Å². The molecule has 2 N–H and O–H groups in total. The number of fused-ring (bicyclic) bond motifs is 1. The van der Waals surface area contributed by atoms with Gasteiger partial charge in [0.2, 0.25) is 0 Å². The molecule has 0 saturated carbocycles. The number of H-pyrrole nitrogens is 1. The monoisotopic (exact) mass is 315 g/mol. The average molecular weight is 315 g/mol. The van der Waals surface area contributed by atoms with Crippen LogP contribution in [0.15, 0.2) is 40.4 Å². The second-order valence-corrected chi connectivity index (χ2v) is 5.35. The van der Waals surface area contributed by atoms with E-state index in [1.54, 1.807) is 18.2 Å². The van der Waals surface area contributed by atoms with Gasteiger partial charge in [-0.2, -0.15) is 0 Å². The highest BCUT2D eigenvalue weighted by Gasteiger charge is 2.10. The van der Waals surface area contributed by atoms with E-state index in [4.69, 9.17) is 0 Å². The third kappa shape index (κ3) is 3.77. The summed E-state index contributed by atoms with van der Waals surface area (Å²) < 4.78 is 1.22. The molecular weight excluding hydrogens is 294 g/mol. The number of carbonyl (C=O) groups excluding carboxylic acids is 1. The molecule has 122 valence electrons. The number of nitrogens with one attached hydrogen (secondary N) is 2. The molecule has 1 aromatic heterocycles. The standard InChI is InChI=1S/C17H21N3O3/c1-3-5-6-10-20-16(22)13-8-7-12(15(21)18-9-4-2)11-14(13)19-17(20)23/h4,7-8,11H,2-3,5-6,9-10H2,1H3,(H,18,21)(H,19,23). The smallest absolute Gasteiger partial charge is 0.328 e. The van der Waals surface area contributed by atoms with Crippen molar-refractivity contribution in [1.29, 1.82) is 0 Å². The molecule has 6 nitrogen and oxygen atoms in total. The van der Waals surface area contributed by atoms with E-state index >= 15 is 0 Å². The zero-order valence-electron chi connectivity index (χ0n) is 13.2. The van der Waals surface area contributed by atoms with Gasteiger partial charge in [-0.3, -0.25) is 14.2 Å². The normalized spacial score (nSPS) is 10.7. The van der Waals surface area contributed by atoms with Gasteiger partial charge in [0.1, 0.15) is 0 Å². The first-order chi connectivity index (χ1) is 11.1. The van der Waals surface area contributed by atoms with Crippen molar-refractivity contribution < 1.29 is 4.79 Å². The lowest BCUT2D eigenvalue weighted by Crippen LogP contribution is -2.35. The number of hydrogen-bond acceptors (Lipinski definition) is 3. The Morgan fingerprint density at radius 1 is 1.35 bits per heavy atom. The van der Waals surface area contributed by atoms with Gasteiger partial charge < -0.3 is 10.3 Å². The van der Waals surface area contributed by atoms with Crippen LogP contribution in [0.2, 0.25) is 0 Å². The number of aromatic amines is 1. The summed E-state index contributed by atoms with van der Waals surface area (Å²) in [5.41, 5.74) is -0.00344. The highest BCUT2D eigenvalue weighted by molar-refractivity contribution is 5.97. The number of hydrogen-bond donors (Lipinski definition) is 2. The molecule has 6 heteroatoms. The number of nitrogens with zero attached hydrogens (tertiary/aromatic N) is 1. The van der Waals surface area contributed by atoms with Crippen LogP contribution in [0.25, 0.3) is 10.9 Å². The molecule has 2 rings (SSSR count). The van der Waals surface area contributed by atoms with Crippen LogP contribution < -0.4 is 16.6 Å². The third-order valence-electron chi connectivity index (χ3n) is 3.64. The van der Waals surface area contributed by atoms with Gasteiger partial charge in [0.05, 0.1) is 10.9 Å². The minimum atomic E-state index is -0.442. The summed E-state index contributed by atoms with van der Waals surface area (Å²) in [5.74, 6) is -0.278. The number of rotatable bonds is 7. The zero-order chi connectivity index (χ0) is 16.8. The van der Waals surface area contributed by atoms with Crippen molar-refractivity contribution in [2.75, 3.05) is 6.54 Å². The van der Waals surface area contributed by atoms with Crippen LogP contribution in [0.4, 0.5) is 0 Å². The van der Waals surface area contributed by atoms with Crippen molar-refractivity contribution in [1.82, 2.24) is 14.9 Å². The lowest BCUT2D eigenvalue weighted by atomic mass is 10.1. The predicted molar refractivity (Wildman–Crippen MR) is 90.9 cm³/mol. The minimum Gasteiger partial charge on any atom is -0.349 e. The maximum Gasteiger partial charge on any atom is 0.328 e. The fourth-order valence-electron chi connectivity index (χ4n) is 2.39. The second-order valence-electron chi connectivity index (χ2n) is 5.35. The van der Waals surface area contributed by atoms with Crippen molar-refractivity contribution in [3.05, 3.63) is 57.3 Å². The number of unbranched alkanes of at least 4 members (excludes halogenated alkanes) is 2. The van der Waals surface area contributed by atoms with E-state index in [0.717, 1.165) is 19.3 Å². The lowest BCUT2D eigenvalue weighted by molar-refractivity contribution is 0.0958. The fourth-order valence-corrected chi connectivity index (χ4v) is 2.39. The van der Waals surface area contributed by atoms with Crippen LogP contribution in [0.3, 0.4) is 0 Å². The van der Waals surface area contributed by atoms with Gasteiger partial charge in [-0.25, -0.2) is 4.79 Å². The van der Waals surface area contributed by atoms with Crippen LogP contribution >= 0.6 is 0 Å². The molecule has 1 amide bonds. The Morgan fingerprint density at radius 3 is 2.83 bits per heavy atom. The van der Waals surface area contributed by atoms with Gasteiger partial charge in [-0.15, -0.1) is 6.58 Å². The summed E-state index contributed by atoms with van der Waals surface area (Å²) in [5, 5.41) is 3.06. The van der Waals surface area contributed by atoms with Crippen LogP contribution in [-0.4, -0.2) is 22.0 Å². The molecule has 1 heterocycles. The molecule has 0 bridgehead atoms. The van der Waals surface area contributed by atoms with Crippen molar-refractivity contribution in [2.45, 2.75) is 32.7 Å². The molecule has 0 fully saturated rings. The van der Waals surface area contributed by atoms with Gasteiger partial charge in [-0.05, 0) is 24.6 Å². The maximum absolute atomic E-state index is 12.4. The van der Waals surface area contributed by atoms with Crippen molar-refractivity contribution in [2.24, 2.45) is 0 Å². The van der Waals surface area contributed by atoms with Crippen LogP contribution in [0, 0.1) is 0 Å². The van der Waals surface area contributed by atoms with Crippen LogP contribution in [0.5, 0.6) is 0 Å². The SMILES string of the molecule is C=CCNC(=O)c1ccc2c(=O)n(CCCCC)c(=O)[nH]c2c1. The molecule has 2 aromatic rings. The van der Waals surface area contributed by atoms with Crippen LogP contribution in [-0.2, 0) is 6.54 Å². The fraction of sp³-hybridized carbons (Fsp3) is 0.353. The Balaban J connectivity index is 2.40. The van der Waals surface area contributed by atoms with Gasteiger partial charge in [0.25, 0.3) is 11.5 Å². The molecule has 0 spiro atoms. The largest absolute Gasteiger partial charge is 0.349 e. The highest BCUT2D eigenvalue weighted by Crippen LogP contribution is 2.09. The molecule has 0 aliphatic carbocycles. The Hall–Kier alpha value is -2.63. The summed E-state index contributed by atoms with van der Waals surface area (Å²) in [6, 6.07) is 4.68. The highest BCUT2D eigenvalue weighted by atomic mass is 16.2. The summed E-state index contributed by atoms with van der Waals surface area (Å²) in [4.78, 5) is 39.1. The molecule has 0 aliphatic heterocycles. The lowest BCUT2D eigenvalue weighted by Gasteiger charge is -2.07. The van der Waals surface area contributed by atoms with E-state index in [9.17, 15) is 14.4 Å². The number of carbonyl (C=O) groups is 1. The minimum absolute atomic E-state index is 0.278. The molecule has 23 heavy (non-hydrogen) atoms. The third-order valence-corrected chi connectivity index (χ3v) is 3.64. The first-order valence-electron chi connectivity index (χ1n) is 7.74. The van der Waals surface area contributed by atoms with Crippen molar-refractivity contribution >= 4 is 16.8 Å². The van der Waals surface area contributed by atoms with Gasteiger partial charge in [-0.1, -0.05) is 25.8 Å². The average Bonchev–Trinajstić information content (AvgIpc) is 2.55. The molecule has 0 saturated heterocycles. The predicted octanol–water partition coefficient (Wildman–Crippen LogP) is 1.80. The first-order valence-corrected chi connectivity index (χ1v) is 7.74. The van der Waals surface area contributed by atoms with Gasteiger partial charge in [0, 0.05) is 18.7 Å². The Bertz CT molecular complexity index is 833. The first kappa shape index (κ1) is 16.7. The summed E-state index contributed by atoms with van der Waals surface area (Å²) >= 11 is 0. The number of benzene rings is 1. The second kappa shape index (κ2) is 7.58. The van der Waals surface area contributed by atoms with Gasteiger partial charge in [0.15, 0.2) is 0 Å². The van der Waals surface area contributed by atoms with E-state index in [1.165, 1.54) is 10.6 Å². The molecule has 0 unspecified atom stereocenters. The molecule has 0 aliphatic rings. The van der Waals surface area contributed by atoms with Crippen LogP contribution in [0.1, 0.15) is 36.5 Å².